The monoisotopic (exact) mass is 483 g/mol. The van der Waals surface area contributed by atoms with Crippen LogP contribution in [0, 0.1) is 0 Å². The van der Waals surface area contributed by atoms with E-state index in [2.05, 4.69) is 0 Å². The van der Waals surface area contributed by atoms with Crippen LogP contribution in [0.25, 0.3) is 0 Å². The molecule has 0 heterocycles. The Kier molecular flexibility index (Phi) is 5.00. The van der Waals surface area contributed by atoms with Crippen molar-refractivity contribution in [2.45, 2.75) is 53.9 Å². The standard InChI is InChI=1S/C9F19N/c10-1(7(21,22)29(8(23,24)25)9(26,27)28)2(11,12)4(15,16)6(19,20)5(17,18)3(1,13)14. The fourth-order valence-corrected chi connectivity index (χ4v) is 2.22. The molecule has 0 spiro atoms. The zero-order valence-corrected chi connectivity index (χ0v) is 12.1. The summed E-state index contributed by atoms with van der Waals surface area (Å²) in [5.41, 5.74) is -8.87. The molecule has 0 aromatic heterocycles. The highest BCUT2D eigenvalue weighted by Gasteiger charge is 3.06. The lowest BCUT2D eigenvalue weighted by atomic mass is 9.70. The molecule has 1 aliphatic rings. The minimum Gasteiger partial charge on any atom is -0.221 e. The van der Waals surface area contributed by atoms with Gasteiger partial charge in [-0.1, -0.05) is 4.90 Å². The Morgan fingerprint density at radius 1 is 0.379 bits per heavy atom. The molecule has 0 atom stereocenters. The quantitative estimate of drug-likeness (QED) is 0.354. The minimum absolute atomic E-state index is 4.76. The van der Waals surface area contributed by atoms with Crippen LogP contribution >= 0.6 is 0 Å². The summed E-state index contributed by atoms with van der Waals surface area (Å²) in [5.74, 6) is -42.0. The molecule has 1 fully saturated rings. The lowest BCUT2D eigenvalue weighted by molar-refractivity contribution is -0.541. The molecule has 1 rings (SSSR count). The van der Waals surface area contributed by atoms with Gasteiger partial charge in [0.05, 0.1) is 0 Å². The fraction of sp³-hybridized carbons (Fsp3) is 1.00. The smallest absolute Gasteiger partial charge is 0.221 e. The van der Waals surface area contributed by atoms with Crippen LogP contribution in [0.4, 0.5) is 83.4 Å². The molecule has 174 valence electrons. The molecule has 0 aromatic rings. The van der Waals surface area contributed by atoms with Crippen molar-refractivity contribution < 1.29 is 83.4 Å². The van der Waals surface area contributed by atoms with Crippen LogP contribution in [0.3, 0.4) is 0 Å². The Labute approximate surface area is 144 Å². The van der Waals surface area contributed by atoms with Crippen LogP contribution in [0.5, 0.6) is 0 Å². The minimum atomic E-state index is -8.87. The first-order valence-corrected chi connectivity index (χ1v) is 6.01. The highest BCUT2D eigenvalue weighted by atomic mass is 19.4. The molecule has 0 N–H and O–H groups in total. The summed E-state index contributed by atoms with van der Waals surface area (Å²) in [6.07, 6.45) is -15.8. The van der Waals surface area contributed by atoms with Gasteiger partial charge in [0.2, 0.25) is 0 Å². The molecule has 1 saturated carbocycles. The molecule has 0 unspecified atom stereocenters. The third-order valence-corrected chi connectivity index (χ3v) is 3.65. The van der Waals surface area contributed by atoms with Crippen LogP contribution in [0.2, 0.25) is 0 Å². The van der Waals surface area contributed by atoms with Gasteiger partial charge in [-0.3, -0.25) is 0 Å². The lowest BCUT2D eigenvalue weighted by Gasteiger charge is -2.55. The molecule has 0 radical (unpaired) electrons. The average Bonchev–Trinajstić information content (AvgIpc) is 2.39. The molecule has 0 aromatic carbocycles. The average molecular weight is 483 g/mol. The van der Waals surface area contributed by atoms with Crippen LogP contribution in [0.1, 0.15) is 0 Å². The van der Waals surface area contributed by atoms with E-state index < -0.39 is 58.8 Å². The van der Waals surface area contributed by atoms with E-state index in [0.717, 1.165) is 0 Å². The van der Waals surface area contributed by atoms with Gasteiger partial charge in [0.1, 0.15) is 0 Å². The zero-order chi connectivity index (χ0) is 24.1. The second kappa shape index (κ2) is 5.65. The summed E-state index contributed by atoms with van der Waals surface area (Å²) in [5, 5.41) is 0. The van der Waals surface area contributed by atoms with Crippen molar-refractivity contribution in [1.29, 1.82) is 0 Å². The van der Waals surface area contributed by atoms with Gasteiger partial charge < -0.3 is 0 Å². The number of rotatable bonds is 2. The number of hydrogen-bond donors (Lipinski definition) is 0. The van der Waals surface area contributed by atoms with Crippen molar-refractivity contribution in [2.24, 2.45) is 0 Å². The Morgan fingerprint density at radius 3 is 0.793 bits per heavy atom. The molecule has 0 saturated heterocycles. The molecular weight excluding hydrogens is 483 g/mol. The van der Waals surface area contributed by atoms with E-state index in [-0.39, 0.29) is 0 Å². The Hall–Kier alpha value is -1.37. The maximum atomic E-state index is 14.0. The molecule has 20 heteroatoms. The van der Waals surface area contributed by atoms with Gasteiger partial charge in [-0.25, -0.2) is 4.39 Å². The van der Waals surface area contributed by atoms with Crippen molar-refractivity contribution in [3.63, 3.8) is 0 Å². The van der Waals surface area contributed by atoms with Crippen molar-refractivity contribution in [3.05, 3.63) is 0 Å². The molecule has 1 aliphatic carbocycles. The lowest BCUT2D eigenvalue weighted by Crippen LogP contribution is -2.89. The van der Waals surface area contributed by atoms with Crippen LogP contribution < -0.4 is 0 Å². The van der Waals surface area contributed by atoms with Gasteiger partial charge in [0.15, 0.2) is 0 Å². The zero-order valence-electron chi connectivity index (χ0n) is 12.1. The van der Waals surface area contributed by atoms with Gasteiger partial charge >= 0.3 is 53.9 Å². The number of halogens is 19. The molecular formula is C9F19N. The van der Waals surface area contributed by atoms with Crippen molar-refractivity contribution in [3.8, 4) is 0 Å². The number of alkyl halides is 19. The van der Waals surface area contributed by atoms with Gasteiger partial charge in [0.25, 0.3) is 0 Å². The summed E-state index contributed by atoms with van der Waals surface area (Å²) in [4.78, 5) is -4.76. The highest BCUT2D eigenvalue weighted by molar-refractivity contribution is 5.29. The Balaban J connectivity index is 4.14. The molecule has 29 heavy (non-hydrogen) atoms. The fourth-order valence-electron chi connectivity index (χ4n) is 2.22. The maximum absolute atomic E-state index is 14.0. The van der Waals surface area contributed by atoms with Gasteiger partial charge in [0, 0.05) is 0 Å². The first-order chi connectivity index (χ1) is 12.1. The van der Waals surface area contributed by atoms with Crippen LogP contribution in [0.15, 0.2) is 0 Å². The second-order valence-electron chi connectivity index (χ2n) is 5.34. The van der Waals surface area contributed by atoms with E-state index in [0.29, 0.717) is 0 Å². The molecule has 0 amide bonds. The normalized spacial score (nSPS) is 27.7. The number of hydrogen-bond acceptors (Lipinski definition) is 1. The van der Waals surface area contributed by atoms with E-state index in [1.807, 2.05) is 0 Å². The van der Waals surface area contributed by atoms with E-state index >= 15 is 0 Å². The van der Waals surface area contributed by atoms with Crippen molar-refractivity contribution in [2.75, 3.05) is 0 Å². The van der Waals surface area contributed by atoms with Crippen LogP contribution in [-0.2, 0) is 0 Å². The summed E-state index contributed by atoms with van der Waals surface area (Å²) in [6, 6.07) is -8.74. The highest BCUT2D eigenvalue weighted by Crippen LogP contribution is 2.73. The molecule has 0 aliphatic heterocycles. The van der Waals surface area contributed by atoms with Crippen molar-refractivity contribution in [1.82, 2.24) is 4.90 Å². The predicted octanol–water partition coefficient (Wildman–Crippen LogP) is 5.82. The predicted molar refractivity (Wildman–Crippen MR) is 47.5 cm³/mol. The van der Waals surface area contributed by atoms with Crippen molar-refractivity contribution >= 4 is 0 Å². The summed E-state index contributed by atoms with van der Waals surface area (Å²) < 4.78 is 245. The van der Waals surface area contributed by atoms with E-state index in [4.69, 9.17) is 0 Å². The Morgan fingerprint density at radius 2 is 0.586 bits per heavy atom. The Bertz CT molecular complexity index is 608. The van der Waals surface area contributed by atoms with Crippen LogP contribution in [-0.4, -0.2) is 58.8 Å². The van der Waals surface area contributed by atoms with Gasteiger partial charge in [-0.15, -0.1) is 0 Å². The van der Waals surface area contributed by atoms with E-state index in [1.165, 1.54) is 0 Å². The van der Waals surface area contributed by atoms with E-state index in [1.54, 1.807) is 0 Å². The molecule has 1 nitrogen and oxygen atoms in total. The van der Waals surface area contributed by atoms with E-state index in [9.17, 15) is 83.4 Å². The first kappa shape index (κ1) is 25.7. The third kappa shape index (κ3) is 2.55. The second-order valence-corrected chi connectivity index (χ2v) is 5.34. The third-order valence-electron chi connectivity index (χ3n) is 3.65. The van der Waals surface area contributed by atoms with Gasteiger partial charge in [-0.05, 0) is 0 Å². The first-order valence-electron chi connectivity index (χ1n) is 6.01. The SMILES string of the molecule is FC(F)(F)N(C(F)(F)F)C(F)(F)C1(F)C(F)(F)C(F)(F)C(F)(F)C(F)(F)C1(F)F. The summed E-state index contributed by atoms with van der Waals surface area (Å²) >= 11 is 0. The van der Waals surface area contributed by atoms with Gasteiger partial charge in [-0.2, -0.15) is 79.0 Å². The summed E-state index contributed by atoms with van der Waals surface area (Å²) in [6.45, 7) is 0. The topological polar surface area (TPSA) is 3.24 Å². The largest absolute Gasteiger partial charge is 0.472 e. The molecule has 0 bridgehead atoms. The number of nitrogens with zero attached hydrogens (tertiary/aromatic N) is 1. The summed E-state index contributed by atoms with van der Waals surface area (Å²) in [7, 11) is 0. The maximum Gasteiger partial charge on any atom is 0.472 e.